The number of imidazole rings is 1. The lowest BCUT2D eigenvalue weighted by molar-refractivity contribution is -0.137. The standard InChI is InChI=1S/C17H15FN2O2/c1-11-5-4-8-16-19-10-15(20(11)16)13(9-17(21)22)12-6-2-3-7-14(12)18/h2-8,10,13H,9H2,1H3,(H,21,22). The smallest absolute Gasteiger partial charge is 0.304 e. The first-order valence-corrected chi connectivity index (χ1v) is 6.97. The van der Waals surface area contributed by atoms with Crippen LogP contribution in [0.1, 0.15) is 29.3 Å². The number of fused-ring (bicyclic) bond motifs is 1. The van der Waals surface area contributed by atoms with E-state index in [2.05, 4.69) is 4.98 Å². The molecule has 0 fully saturated rings. The Balaban J connectivity index is 2.21. The van der Waals surface area contributed by atoms with Gasteiger partial charge in [0, 0.05) is 17.8 Å². The van der Waals surface area contributed by atoms with Crippen LogP contribution in [0.4, 0.5) is 4.39 Å². The van der Waals surface area contributed by atoms with Crippen LogP contribution in [0.25, 0.3) is 5.65 Å². The Morgan fingerprint density at radius 1 is 1.27 bits per heavy atom. The molecule has 0 spiro atoms. The van der Waals surface area contributed by atoms with Crippen LogP contribution in [0.3, 0.4) is 0 Å². The van der Waals surface area contributed by atoms with Crippen molar-refractivity contribution in [3.8, 4) is 0 Å². The quantitative estimate of drug-likeness (QED) is 0.803. The van der Waals surface area contributed by atoms with Gasteiger partial charge in [0.05, 0.1) is 12.1 Å². The average Bonchev–Trinajstić information content (AvgIpc) is 2.91. The van der Waals surface area contributed by atoms with Crippen LogP contribution in [0.5, 0.6) is 0 Å². The van der Waals surface area contributed by atoms with E-state index in [4.69, 9.17) is 0 Å². The summed E-state index contributed by atoms with van der Waals surface area (Å²) in [4.78, 5) is 15.6. The molecule has 3 rings (SSSR count). The molecule has 1 unspecified atom stereocenters. The number of hydrogen-bond acceptors (Lipinski definition) is 2. The maximum absolute atomic E-state index is 14.2. The van der Waals surface area contributed by atoms with Crippen molar-refractivity contribution in [3.05, 3.63) is 71.4 Å². The second kappa shape index (κ2) is 5.60. The summed E-state index contributed by atoms with van der Waals surface area (Å²) in [6.45, 7) is 1.91. The Labute approximate surface area is 126 Å². The van der Waals surface area contributed by atoms with Gasteiger partial charge in [-0.1, -0.05) is 24.3 Å². The number of carboxylic acid groups (broad SMARTS) is 1. The van der Waals surface area contributed by atoms with Crippen molar-refractivity contribution in [2.75, 3.05) is 0 Å². The molecule has 0 aliphatic rings. The third kappa shape index (κ3) is 2.45. The van der Waals surface area contributed by atoms with Crippen molar-refractivity contribution < 1.29 is 14.3 Å². The fourth-order valence-electron chi connectivity index (χ4n) is 2.78. The van der Waals surface area contributed by atoms with Crippen LogP contribution >= 0.6 is 0 Å². The Bertz CT molecular complexity index is 842. The summed E-state index contributed by atoms with van der Waals surface area (Å²) in [5.74, 6) is -1.97. The predicted octanol–water partition coefficient (Wildman–Crippen LogP) is 3.39. The lowest BCUT2D eigenvalue weighted by Gasteiger charge is -2.17. The molecule has 4 nitrogen and oxygen atoms in total. The number of hydrogen-bond donors (Lipinski definition) is 1. The lowest BCUT2D eigenvalue weighted by Crippen LogP contribution is -2.12. The zero-order chi connectivity index (χ0) is 15.7. The van der Waals surface area contributed by atoms with Crippen molar-refractivity contribution in [2.45, 2.75) is 19.3 Å². The molecule has 3 aromatic rings. The number of benzene rings is 1. The zero-order valence-corrected chi connectivity index (χ0v) is 12.0. The summed E-state index contributed by atoms with van der Waals surface area (Å²) in [5.41, 5.74) is 2.70. The molecule has 0 bridgehead atoms. The second-order valence-electron chi connectivity index (χ2n) is 5.22. The van der Waals surface area contributed by atoms with Gasteiger partial charge in [-0.05, 0) is 30.7 Å². The largest absolute Gasteiger partial charge is 0.481 e. The van der Waals surface area contributed by atoms with Crippen molar-refractivity contribution in [3.63, 3.8) is 0 Å². The van der Waals surface area contributed by atoms with Crippen LogP contribution in [0, 0.1) is 12.7 Å². The van der Waals surface area contributed by atoms with E-state index in [1.165, 1.54) is 6.07 Å². The molecule has 5 heteroatoms. The van der Waals surface area contributed by atoms with E-state index in [0.29, 0.717) is 11.3 Å². The van der Waals surface area contributed by atoms with Gasteiger partial charge in [0.15, 0.2) is 0 Å². The van der Waals surface area contributed by atoms with E-state index in [1.54, 1.807) is 24.4 Å². The molecule has 22 heavy (non-hydrogen) atoms. The van der Waals surface area contributed by atoms with Gasteiger partial charge in [0.2, 0.25) is 0 Å². The first-order valence-electron chi connectivity index (χ1n) is 6.97. The van der Waals surface area contributed by atoms with Crippen LogP contribution in [-0.2, 0) is 4.79 Å². The number of aryl methyl sites for hydroxylation is 1. The Hall–Kier alpha value is -2.69. The summed E-state index contributed by atoms with van der Waals surface area (Å²) in [5, 5.41) is 9.22. The van der Waals surface area contributed by atoms with E-state index < -0.39 is 17.7 Å². The molecule has 1 atom stereocenters. The summed E-state index contributed by atoms with van der Waals surface area (Å²) >= 11 is 0. The molecule has 1 N–H and O–H groups in total. The topological polar surface area (TPSA) is 54.6 Å². The summed E-state index contributed by atoms with van der Waals surface area (Å²) < 4.78 is 16.0. The van der Waals surface area contributed by atoms with Crippen LogP contribution in [-0.4, -0.2) is 20.5 Å². The number of aromatic nitrogens is 2. The molecule has 2 aromatic heterocycles. The van der Waals surface area contributed by atoms with Gasteiger partial charge in [-0.25, -0.2) is 9.37 Å². The highest BCUT2D eigenvalue weighted by Crippen LogP contribution is 2.31. The first kappa shape index (κ1) is 14.3. The molecular weight excluding hydrogens is 283 g/mol. The van der Waals surface area contributed by atoms with Gasteiger partial charge in [-0.3, -0.25) is 4.79 Å². The van der Waals surface area contributed by atoms with Crippen molar-refractivity contribution >= 4 is 11.6 Å². The molecule has 0 radical (unpaired) electrons. The minimum Gasteiger partial charge on any atom is -0.481 e. The predicted molar refractivity (Wildman–Crippen MR) is 80.4 cm³/mol. The van der Waals surface area contributed by atoms with Crippen LogP contribution in [0.15, 0.2) is 48.7 Å². The molecular formula is C17H15FN2O2. The van der Waals surface area contributed by atoms with Crippen molar-refractivity contribution in [2.24, 2.45) is 0 Å². The fourth-order valence-corrected chi connectivity index (χ4v) is 2.78. The maximum Gasteiger partial charge on any atom is 0.304 e. The van der Waals surface area contributed by atoms with Gasteiger partial charge in [-0.15, -0.1) is 0 Å². The van der Waals surface area contributed by atoms with E-state index in [-0.39, 0.29) is 6.42 Å². The Kier molecular flexibility index (Phi) is 3.63. The normalized spacial score (nSPS) is 12.5. The van der Waals surface area contributed by atoms with Gasteiger partial charge in [-0.2, -0.15) is 0 Å². The van der Waals surface area contributed by atoms with E-state index >= 15 is 0 Å². The number of nitrogens with zero attached hydrogens (tertiary/aromatic N) is 2. The van der Waals surface area contributed by atoms with Gasteiger partial charge in [0.1, 0.15) is 11.5 Å². The Morgan fingerprint density at radius 2 is 2.05 bits per heavy atom. The number of carboxylic acids is 1. The lowest BCUT2D eigenvalue weighted by atomic mass is 9.92. The highest BCUT2D eigenvalue weighted by atomic mass is 19.1. The summed E-state index contributed by atoms with van der Waals surface area (Å²) in [7, 11) is 0. The van der Waals surface area contributed by atoms with Gasteiger partial charge < -0.3 is 9.51 Å². The molecule has 1 aromatic carbocycles. The minimum absolute atomic E-state index is 0.191. The minimum atomic E-state index is -0.975. The number of pyridine rings is 1. The fraction of sp³-hybridized carbons (Fsp3) is 0.176. The monoisotopic (exact) mass is 298 g/mol. The second-order valence-corrected chi connectivity index (χ2v) is 5.22. The van der Waals surface area contributed by atoms with E-state index in [1.807, 2.05) is 29.5 Å². The van der Waals surface area contributed by atoms with E-state index in [0.717, 1.165) is 11.3 Å². The molecule has 0 aliphatic heterocycles. The highest BCUT2D eigenvalue weighted by Gasteiger charge is 2.24. The number of rotatable bonds is 4. The number of carbonyl (C=O) groups is 1. The number of aliphatic carboxylic acids is 1. The molecule has 0 saturated carbocycles. The molecule has 112 valence electrons. The molecule has 2 heterocycles. The van der Waals surface area contributed by atoms with Crippen molar-refractivity contribution in [1.82, 2.24) is 9.38 Å². The van der Waals surface area contributed by atoms with Gasteiger partial charge in [0.25, 0.3) is 0 Å². The SMILES string of the molecule is Cc1cccc2ncc(C(CC(=O)O)c3ccccc3F)n12. The highest BCUT2D eigenvalue weighted by molar-refractivity contribution is 5.69. The molecule has 0 saturated heterocycles. The summed E-state index contributed by atoms with van der Waals surface area (Å²) in [6, 6.07) is 11.9. The van der Waals surface area contributed by atoms with Crippen LogP contribution in [0.2, 0.25) is 0 Å². The number of halogens is 1. The average molecular weight is 298 g/mol. The van der Waals surface area contributed by atoms with Gasteiger partial charge >= 0.3 is 5.97 Å². The third-order valence-corrected chi connectivity index (χ3v) is 3.77. The van der Waals surface area contributed by atoms with Crippen LogP contribution < -0.4 is 0 Å². The first-order chi connectivity index (χ1) is 10.6. The van der Waals surface area contributed by atoms with E-state index in [9.17, 15) is 14.3 Å². The van der Waals surface area contributed by atoms with Crippen molar-refractivity contribution in [1.29, 1.82) is 0 Å². The Morgan fingerprint density at radius 3 is 2.77 bits per heavy atom. The summed E-state index contributed by atoms with van der Waals surface area (Å²) in [6.07, 6.45) is 1.44. The molecule has 0 aliphatic carbocycles. The third-order valence-electron chi connectivity index (χ3n) is 3.77. The molecule has 0 amide bonds. The maximum atomic E-state index is 14.2. The zero-order valence-electron chi connectivity index (χ0n) is 12.0.